The summed E-state index contributed by atoms with van der Waals surface area (Å²) in [7, 11) is -0.209. The van der Waals surface area contributed by atoms with E-state index in [1.54, 1.807) is 30.7 Å². The Bertz CT molecular complexity index is 1500. The van der Waals surface area contributed by atoms with Crippen LogP contribution in [0.3, 0.4) is 0 Å². The number of fused-ring (bicyclic) bond motifs is 1. The van der Waals surface area contributed by atoms with E-state index in [1.807, 2.05) is 0 Å². The molecule has 0 spiro atoms. The average molecular weight is 533 g/mol. The minimum absolute atomic E-state index is 0.282. The Morgan fingerprint density at radius 3 is 2.76 bits per heavy atom. The second-order valence-electron chi connectivity index (χ2n) is 10.0. The molecule has 0 saturated carbocycles. The summed E-state index contributed by atoms with van der Waals surface area (Å²) in [6.45, 7) is 3.54. The number of hydrogen-bond donors (Lipinski definition) is 2. The van der Waals surface area contributed by atoms with Gasteiger partial charge in [0.2, 0.25) is 5.95 Å². The number of anilines is 4. The van der Waals surface area contributed by atoms with Gasteiger partial charge in [0.15, 0.2) is 11.6 Å². The summed E-state index contributed by atoms with van der Waals surface area (Å²) in [4.78, 5) is 15.7. The van der Waals surface area contributed by atoms with Crippen LogP contribution in [-0.4, -0.2) is 63.4 Å². The first-order valence-electron chi connectivity index (χ1n) is 12.6. The van der Waals surface area contributed by atoms with E-state index in [9.17, 15) is 9.47 Å². The van der Waals surface area contributed by atoms with Crippen molar-refractivity contribution in [2.24, 2.45) is 4.36 Å². The quantitative estimate of drug-likeness (QED) is 0.472. The van der Waals surface area contributed by atoms with Crippen molar-refractivity contribution < 1.29 is 8.95 Å². The van der Waals surface area contributed by atoms with Crippen molar-refractivity contribution in [3.8, 4) is 6.07 Å². The number of benzene rings is 1. The van der Waals surface area contributed by atoms with Crippen LogP contribution in [0.2, 0.25) is 0 Å². The Balaban J connectivity index is 1.45. The smallest absolute Gasteiger partial charge is 0.229 e. The molecule has 2 aliphatic rings. The largest absolute Gasteiger partial charge is 0.381 e. The van der Waals surface area contributed by atoms with Crippen molar-refractivity contribution in [3.05, 3.63) is 58.8 Å². The molecule has 38 heavy (non-hydrogen) atoms. The fraction of sp³-hybridized carbons (Fsp3) is 0.407. The normalized spacial score (nSPS) is 16.4. The average Bonchev–Trinajstić information content (AvgIpc) is 2.88. The highest BCUT2D eigenvalue weighted by molar-refractivity contribution is 7.92. The second-order valence-corrected chi connectivity index (χ2v) is 12.6. The Hall–Kier alpha value is -3.59. The number of likely N-dealkylation sites (N-methyl/N-ethyl adjacent to an activating group) is 1. The predicted molar refractivity (Wildman–Crippen MR) is 149 cm³/mol. The topological polar surface area (TPSA) is 128 Å². The number of pyridine rings is 1. The molecule has 1 fully saturated rings. The highest BCUT2D eigenvalue weighted by Gasteiger charge is 2.24. The lowest BCUT2D eigenvalue weighted by Crippen LogP contribution is -2.28. The van der Waals surface area contributed by atoms with Crippen molar-refractivity contribution >= 4 is 38.8 Å². The molecule has 0 atom stereocenters. The molecule has 0 aliphatic carbocycles. The predicted octanol–water partition coefficient (Wildman–Crippen LogP) is 4.47. The first-order chi connectivity index (χ1) is 18.3. The monoisotopic (exact) mass is 532 g/mol. The summed E-state index contributed by atoms with van der Waals surface area (Å²) in [6, 6.07) is 11.7. The van der Waals surface area contributed by atoms with Crippen LogP contribution in [0.25, 0.3) is 0 Å². The second kappa shape index (κ2) is 11.0. The van der Waals surface area contributed by atoms with Crippen molar-refractivity contribution in [1.29, 1.82) is 5.26 Å². The highest BCUT2D eigenvalue weighted by Crippen LogP contribution is 2.36. The first kappa shape index (κ1) is 26.0. The van der Waals surface area contributed by atoms with E-state index in [1.165, 1.54) is 22.9 Å². The molecule has 0 bridgehead atoms. The third-order valence-electron chi connectivity index (χ3n) is 6.68. The van der Waals surface area contributed by atoms with Gasteiger partial charge in [-0.2, -0.15) is 14.6 Å². The maximum absolute atomic E-state index is 12.1. The first-order valence-corrected chi connectivity index (χ1v) is 15.0. The van der Waals surface area contributed by atoms with E-state index < -0.39 is 9.73 Å². The molecule has 3 aromatic rings. The molecular weight excluding hydrogens is 500 g/mol. The zero-order valence-corrected chi connectivity index (χ0v) is 22.7. The summed E-state index contributed by atoms with van der Waals surface area (Å²) in [5.41, 5.74) is 5.38. The van der Waals surface area contributed by atoms with Gasteiger partial charge < -0.3 is 20.3 Å². The third-order valence-corrected chi connectivity index (χ3v) is 7.31. The van der Waals surface area contributed by atoms with Crippen LogP contribution in [0, 0.1) is 11.3 Å². The summed E-state index contributed by atoms with van der Waals surface area (Å²) in [6.07, 6.45) is 7.69. The minimum Gasteiger partial charge on any atom is -0.381 e. The van der Waals surface area contributed by atoms with Crippen molar-refractivity contribution in [3.63, 3.8) is 0 Å². The Morgan fingerprint density at radius 2 is 2.00 bits per heavy atom. The molecule has 4 heterocycles. The molecule has 2 N–H and O–H groups in total. The molecule has 11 heteroatoms. The van der Waals surface area contributed by atoms with Gasteiger partial charge in [-0.05, 0) is 73.2 Å². The van der Waals surface area contributed by atoms with Gasteiger partial charge in [-0.1, -0.05) is 6.07 Å². The van der Waals surface area contributed by atoms with E-state index in [2.05, 4.69) is 60.1 Å². The molecule has 2 aliphatic heterocycles. The lowest BCUT2D eigenvalue weighted by atomic mass is 9.83. The lowest BCUT2D eigenvalue weighted by Gasteiger charge is -2.31. The molecular formula is C27H32N8O2S. The summed E-state index contributed by atoms with van der Waals surface area (Å²) in [5, 5.41) is 16.1. The number of hydrogen-bond acceptors (Lipinski definition) is 10. The van der Waals surface area contributed by atoms with Crippen molar-refractivity contribution in [2.45, 2.75) is 31.7 Å². The molecule has 0 unspecified atom stereocenters. The summed E-state index contributed by atoms with van der Waals surface area (Å²) >= 11 is 0. The Kier molecular flexibility index (Phi) is 7.56. The SMILES string of the molecule is CN1CCc2c(cc(Nc3ncc(C#N)c(Nc4cccc(N=S(C)(C)=O)n4)n3)cc2C2CCOCC2)C1. The maximum atomic E-state index is 12.1. The van der Waals surface area contributed by atoms with E-state index in [-0.39, 0.29) is 5.56 Å². The zero-order valence-electron chi connectivity index (χ0n) is 21.9. The van der Waals surface area contributed by atoms with Crippen LogP contribution in [0.4, 0.5) is 29.1 Å². The fourth-order valence-electron chi connectivity index (χ4n) is 4.96. The summed E-state index contributed by atoms with van der Waals surface area (Å²) < 4.78 is 21.8. The summed E-state index contributed by atoms with van der Waals surface area (Å²) in [5.74, 6) is 1.96. The maximum Gasteiger partial charge on any atom is 0.229 e. The number of nitriles is 1. The third kappa shape index (κ3) is 6.27. The standard InChI is InChI=1S/C27H32N8O2S/c1-35-10-7-22-19(17-35)13-21(14-23(22)18-8-11-37-12-9-18)30-27-29-16-20(15-28)26(33-27)32-24-5-4-6-25(31-24)34-38(2,3)36/h4-6,13-14,16,18H,7-12,17H2,1-3H3,(H2,29,30,31,32,33). The van der Waals surface area contributed by atoms with E-state index >= 15 is 0 Å². The Labute approximate surface area is 223 Å². The van der Waals surface area contributed by atoms with E-state index in [4.69, 9.17) is 4.74 Å². The molecule has 10 nitrogen and oxygen atoms in total. The molecule has 0 radical (unpaired) electrons. The minimum atomic E-state index is -2.36. The molecule has 5 rings (SSSR count). The number of nitrogens with zero attached hydrogens (tertiary/aromatic N) is 6. The molecule has 2 aromatic heterocycles. The fourth-order valence-corrected chi connectivity index (χ4v) is 5.51. The van der Waals surface area contributed by atoms with Crippen LogP contribution in [0.5, 0.6) is 0 Å². The van der Waals surface area contributed by atoms with Crippen LogP contribution in [0.15, 0.2) is 40.9 Å². The van der Waals surface area contributed by atoms with Gasteiger partial charge in [0.1, 0.15) is 17.5 Å². The Morgan fingerprint density at radius 1 is 1.18 bits per heavy atom. The van der Waals surface area contributed by atoms with Crippen LogP contribution in [-0.2, 0) is 27.4 Å². The van der Waals surface area contributed by atoms with Crippen molar-refractivity contribution in [2.75, 3.05) is 50.0 Å². The number of ether oxygens (including phenoxy) is 1. The number of rotatable bonds is 6. The van der Waals surface area contributed by atoms with Crippen LogP contribution >= 0.6 is 0 Å². The van der Waals surface area contributed by atoms with Gasteiger partial charge in [-0.15, -0.1) is 0 Å². The zero-order chi connectivity index (χ0) is 26.7. The van der Waals surface area contributed by atoms with Gasteiger partial charge in [0.25, 0.3) is 0 Å². The number of nitrogens with one attached hydrogen (secondary N) is 2. The van der Waals surface area contributed by atoms with E-state index in [0.29, 0.717) is 29.3 Å². The molecule has 198 valence electrons. The van der Waals surface area contributed by atoms with E-state index in [0.717, 1.165) is 51.3 Å². The van der Waals surface area contributed by atoms with Gasteiger partial charge in [-0.3, -0.25) is 0 Å². The van der Waals surface area contributed by atoms with Gasteiger partial charge >= 0.3 is 0 Å². The molecule has 1 aromatic carbocycles. The number of aromatic nitrogens is 3. The highest BCUT2D eigenvalue weighted by atomic mass is 32.2. The van der Waals surface area contributed by atoms with Gasteiger partial charge in [-0.25, -0.2) is 14.2 Å². The van der Waals surface area contributed by atoms with Crippen molar-refractivity contribution in [1.82, 2.24) is 19.9 Å². The lowest BCUT2D eigenvalue weighted by molar-refractivity contribution is 0.0850. The molecule has 0 amide bonds. The van der Waals surface area contributed by atoms with Gasteiger partial charge in [0.05, 0.1) is 6.20 Å². The van der Waals surface area contributed by atoms with Crippen LogP contribution in [0.1, 0.15) is 41.0 Å². The molecule has 1 saturated heterocycles. The van der Waals surface area contributed by atoms with Crippen LogP contribution < -0.4 is 10.6 Å². The van der Waals surface area contributed by atoms with Gasteiger partial charge in [0, 0.05) is 54.2 Å².